The number of nitrogens with one attached hydrogen (secondary N) is 3. The third kappa shape index (κ3) is 10.7. The van der Waals surface area contributed by atoms with Gasteiger partial charge >= 0.3 is 7.60 Å². The van der Waals surface area contributed by atoms with E-state index in [9.17, 15) is 14.4 Å². The fourth-order valence-corrected chi connectivity index (χ4v) is 6.89. The average Bonchev–Trinajstić information content (AvgIpc) is 2.93. The average molecular weight is 582 g/mol. The molecule has 40 heavy (non-hydrogen) atoms. The Balaban J connectivity index is 1.11. The molecule has 0 bridgehead atoms. The summed E-state index contributed by atoms with van der Waals surface area (Å²) >= 11 is 0. The second kappa shape index (κ2) is 15.6. The van der Waals surface area contributed by atoms with Crippen LogP contribution in [0.15, 0.2) is 0 Å². The van der Waals surface area contributed by atoms with Gasteiger partial charge in [0.1, 0.15) is 0 Å². The van der Waals surface area contributed by atoms with Crippen molar-refractivity contribution in [3.05, 3.63) is 0 Å². The monoisotopic (exact) mass is 581 g/mol. The quantitative estimate of drug-likeness (QED) is 0.140. The highest BCUT2D eigenvalue weighted by molar-refractivity contribution is 7.51. The largest absolute Gasteiger partial charge is 0.368 e. The Hall–Kier alpha value is -1.56. The topological polar surface area (TPSA) is 165 Å². The maximum absolute atomic E-state index is 11.3. The van der Waals surface area contributed by atoms with Gasteiger partial charge in [0.25, 0.3) is 0 Å². The molecule has 4 rings (SSSR count). The lowest BCUT2D eigenvalue weighted by Gasteiger charge is -2.39. The summed E-state index contributed by atoms with van der Waals surface area (Å²) < 4.78 is 11.3. The zero-order valence-corrected chi connectivity index (χ0v) is 25.2. The van der Waals surface area contributed by atoms with Gasteiger partial charge in [-0.15, -0.1) is 0 Å². The fraction of sp³-hybridized carbons (Fsp3) is 0.889. The van der Waals surface area contributed by atoms with Gasteiger partial charge in [0, 0.05) is 44.8 Å². The molecule has 228 valence electrons. The Morgan fingerprint density at radius 3 is 2.38 bits per heavy atom. The molecule has 3 fully saturated rings. The first-order chi connectivity index (χ1) is 19.2. The fourth-order valence-electron chi connectivity index (χ4n) is 6.38. The minimum absolute atomic E-state index is 0.123. The summed E-state index contributed by atoms with van der Waals surface area (Å²) in [5, 5.41) is 10.8. The first-order valence-electron chi connectivity index (χ1n) is 15.5. The van der Waals surface area contributed by atoms with Gasteiger partial charge in [-0.2, -0.15) is 15.0 Å². The van der Waals surface area contributed by atoms with Gasteiger partial charge in [-0.3, -0.25) is 9.46 Å². The van der Waals surface area contributed by atoms with E-state index < -0.39 is 7.60 Å². The lowest BCUT2D eigenvalue weighted by molar-refractivity contribution is 0.196. The van der Waals surface area contributed by atoms with Gasteiger partial charge in [-0.1, -0.05) is 19.3 Å². The Bertz CT molecular complexity index is 938. The molecule has 2 heterocycles. The molecular weight excluding hydrogens is 529 g/mol. The predicted molar refractivity (Wildman–Crippen MR) is 161 cm³/mol. The van der Waals surface area contributed by atoms with E-state index in [0.29, 0.717) is 44.0 Å². The Morgan fingerprint density at radius 2 is 1.68 bits per heavy atom. The molecule has 3 aliphatic rings. The number of anilines is 3. The number of nitrogens with zero attached hydrogens (tertiary/aromatic N) is 5. The van der Waals surface area contributed by atoms with Crippen LogP contribution in [0.25, 0.3) is 0 Å². The molecule has 7 N–H and O–H groups in total. The third-order valence-corrected chi connectivity index (χ3v) is 9.67. The van der Waals surface area contributed by atoms with E-state index in [1.807, 2.05) is 0 Å². The highest BCUT2D eigenvalue weighted by Gasteiger charge is 2.28. The van der Waals surface area contributed by atoms with E-state index in [-0.39, 0.29) is 18.2 Å². The smallest absolute Gasteiger partial charge is 0.326 e. The van der Waals surface area contributed by atoms with Crippen LogP contribution in [0.3, 0.4) is 0 Å². The van der Waals surface area contributed by atoms with Crippen LogP contribution < -0.4 is 26.6 Å². The number of piperazine rings is 1. The van der Waals surface area contributed by atoms with Crippen LogP contribution in [0, 0.1) is 11.8 Å². The van der Waals surface area contributed by atoms with Crippen molar-refractivity contribution in [2.75, 3.05) is 74.5 Å². The van der Waals surface area contributed by atoms with Crippen molar-refractivity contribution in [2.24, 2.45) is 11.8 Å². The number of nitrogen functional groups attached to an aromatic ring is 1. The maximum atomic E-state index is 11.3. The summed E-state index contributed by atoms with van der Waals surface area (Å²) in [4.78, 5) is 35.9. The van der Waals surface area contributed by atoms with Crippen LogP contribution in [0.2, 0.25) is 0 Å². The molecule has 12 nitrogen and oxygen atoms in total. The Labute approximate surface area is 239 Å². The summed E-state index contributed by atoms with van der Waals surface area (Å²) in [6, 6.07) is 0.880. The van der Waals surface area contributed by atoms with Crippen LogP contribution in [0.4, 0.5) is 17.8 Å². The van der Waals surface area contributed by atoms with Crippen molar-refractivity contribution in [1.29, 1.82) is 0 Å². The standard InChI is InChI=1S/C27H52N9O3P/c1-21-20-36(15-14-35(21)16-17-40(37,38)39)27-33-25(28)32-26(34-27)31-19-23-10-8-22(9-11-23)18-29-12-5-13-30-24-6-3-2-4-7-24/h21-24,29-30H,2-20H2,1H3,(H2,37,38,39)(H3,28,31,32,33,34)/t21-,22?,23?/m0/s1. The second-order valence-electron chi connectivity index (χ2n) is 12.2. The lowest BCUT2D eigenvalue weighted by atomic mass is 9.82. The van der Waals surface area contributed by atoms with Gasteiger partial charge in [0.05, 0.1) is 6.16 Å². The van der Waals surface area contributed by atoms with E-state index >= 15 is 0 Å². The van der Waals surface area contributed by atoms with E-state index in [2.05, 4.69) is 47.6 Å². The molecule has 1 aromatic heterocycles. The molecule has 0 spiro atoms. The molecule has 1 aromatic rings. The van der Waals surface area contributed by atoms with Gasteiger partial charge in [0.2, 0.25) is 17.8 Å². The molecule has 1 aliphatic heterocycles. The molecule has 0 aromatic carbocycles. The number of hydrogen-bond donors (Lipinski definition) is 6. The van der Waals surface area contributed by atoms with Crippen LogP contribution >= 0.6 is 7.60 Å². The molecular formula is C27H52N9O3P. The highest BCUT2D eigenvalue weighted by atomic mass is 31.2. The van der Waals surface area contributed by atoms with Crippen molar-refractivity contribution in [2.45, 2.75) is 83.2 Å². The highest BCUT2D eigenvalue weighted by Crippen LogP contribution is 2.34. The molecule has 0 amide bonds. The van der Waals surface area contributed by atoms with Gasteiger partial charge in [0.15, 0.2) is 0 Å². The van der Waals surface area contributed by atoms with E-state index in [0.717, 1.165) is 38.1 Å². The summed E-state index contributed by atoms with van der Waals surface area (Å²) in [5.74, 6) is 2.65. The van der Waals surface area contributed by atoms with Crippen molar-refractivity contribution in [1.82, 2.24) is 30.5 Å². The zero-order valence-electron chi connectivity index (χ0n) is 24.3. The molecule has 1 atom stereocenters. The molecule has 1 saturated heterocycles. The minimum Gasteiger partial charge on any atom is -0.368 e. The second-order valence-corrected chi connectivity index (χ2v) is 13.9. The van der Waals surface area contributed by atoms with Gasteiger partial charge in [-0.05, 0) is 83.3 Å². The van der Waals surface area contributed by atoms with E-state index in [1.165, 1.54) is 64.2 Å². The molecule has 0 radical (unpaired) electrons. The zero-order chi connectivity index (χ0) is 28.4. The molecule has 2 aliphatic carbocycles. The number of nitrogens with two attached hydrogens (primary N) is 1. The first kappa shape index (κ1) is 31.4. The summed E-state index contributed by atoms with van der Waals surface area (Å²) in [7, 11) is -4.00. The summed E-state index contributed by atoms with van der Waals surface area (Å²) in [6.45, 7) is 8.65. The SMILES string of the molecule is C[C@H]1CN(c2nc(N)nc(NCC3CCC(CNCCCNC4CCCCC4)CC3)n2)CCN1CCP(=O)(O)O. The van der Waals surface area contributed by atoms with E-state index in [4.69, 9.17) is 5.73 Å². The number of rotatable bonds is 14. The van der Waals surface area contributed by atoms with Crippen molar-refractivity contribution < 1.29 is 14.4 Å². The van der Waals surface area contributed by atoms with Gasteiger partial charge < -0.3 is 36.4 Å². The maximum Gasteiger partial charge on any atom is 0.326 e. The molecule has 13 heteroatoms. The van der Waals surface area contributed by atoms with Crippen molar-refractivity contribution >= 4 is 25.4 Å². The third-order valence-electron chi connectivity index (χ3n) is 8.88. The first-order valence-corrected chi connectivity index (χ1v) is 17.3. The summed E-state index contributed by atoms with van der Waals surface area (Å²) in [6.07, 6.45) is 12.9. The number of hydrogen-bond acceptors (Lipinski definition) is 10. The van der Waals surface area contributed by atoms with Crippen LogP contribution in [0.5, 0.6) is 0 Å². The molecule has 0 unspecified atom stereocenters. The van der Waals surface area contributed by atoms with Gasteiger partial charge in [-0.25, -0.2) is 0 Å². The minimum atomic E-state index is -4.00. The van der Waals surface area contributed by atoms with Crippen LogP contribution in [-0.2, 0) is 4.57 Å². The Kier molecular flexibility index (Phi) is 12.2. The normalized spacial score (nSPS) is 25.3. The number of aromatic nitrogens is 3. The predicted octanol–water partition coefficient (Wildman–Crippen LogP) is 2.26. The Morgan fingerprint density at radius 1 is 0.950 bits per heavy atom. The van der Waals surface area contributed by atoms with E-state index in [1.54, 1.807) is 0 Å². The summed E-state index contributed by atoms with van der Waals surface area (Å²) in [5.41, 5.74) is 6.03. The van der Waals surface area contributed by atoms with Crippen molar-refractivity contribution in [3.8, 4) is 0 Å². The van der Waals surface area contributed by atoms with Crippen LogP contribution in [0.1, 0.15) is 71.1 Å². The van der Waals surface area contributed by atoms with Crippen LogP contribution in [-0.4, -0.2) is 100 Å². The lowest BCUT2D eigenvalue weighted by Crippen LogP contribution is -2.53. The van der Waals surface area contributed by atoms with Crippen molar-refractivity contribution in [3.63, 3.8) is 0 Å². The molecule has 2 saturated carbocycles.